The minimum Gasteiger partial charge on any atom is -0.322 e. The monoisotopic (exact) mass is 496 g/mol. The van der Waals surface area contributed by atoms with Gasteiger partial charge in [0.15, 0.2) is 9.84 Å². The predicted octanol–water partition coefficient (Wildman–Crippen LogP) is 5.55. The lowest BCUT2D eigenvalue weighted by Gasteiger charge is -2.11. The van der Waals surface area contributed by atoms with Gasteiger partial charge in [0.1, 0.15) is 0 Å². The topological polar surface area (TPSA) is 92.3 Å². The molecule has 2 amide bonds. The summed E-state index contributed by atoms with van der Waals surface area (Å²) in [6.07, 6.45) is 1.06. The molecular weight excluding hydrogens is 483 g/mol. The molecule has 160 valence electrons. The summed E-state index contributed by atoms with van der Waals surface area (Å²) in [7, 11) is -3.45. The van der Waals surface area contributed by atoms with E-state index in [1.807, 2.05) is 0 Å². The first-order chi connectivity index (χ1) is 14.5. The van der Waals surface area contributed by atoms with Crippen LogP contribution in [0.3, 0.4) is 0 Å². The predicted molar refractivity (Wildman–Crippen MR) is 123 cm³/mol. The molecule has 0 aromatic heterocycles. The van der Waals surface area contributed by atoms with E-state index in [9.17, 15) is 18.0 Å². The smallest absolute Gasteiger partial charge is 0.257 e. The van der Waals surface area contributed by atoms with Crippen LogP contribution in [0.1, 0.15) is 20.7 Å². The van der Waals surface area contributed by atoms with Gasteiger partial charge in [0.2, 0.25) is 0 Å². The number of anilines is 2. The summed E-state index contributed by atoms with van der Waals surface area (Å²) in [4.78, 5) is 24.9. The number of amides is 2. The number of halogens is 3. The molecule has 0 bridgehead atoms. The Morgan fingerprint density at radius 2 is 1.55 bits per heavy atom. The van der Waals surface area contributed by atoms with E-state index in [0.717, 1.165) is 6.26 Å². The third-order valence-corrected chi connectivity index (χ3v) is 6.15. The standard InChI is InChI=1S/C21H15Cl3N2O4S/c1-31(29,30)15-4-2-3-12(9-15)20(27)26-19-8-6-14(11-18(19)24)25-21(28)16-7-5-13(22)10-17(16)23/h2-11H,1H3,(H,25,28)(H,26,27). The third kappa shape index (κ3) is 5.77. The molecule has 0 atom stereocenters. The van der Waals surface area contributed by atoms with Gasteiger partial charge in [0.05, 0.1) is 26.2 Å². The van der Waals surface area contributed by atoms with Crippen molar-refractivity contribution in [3.05, 3.63) is 86.9 Å². The van der Waals surface area contributed by atoms with Crippen LogP contribution in [-0.2, 0) is 9.84 Å². The van der Waals surface area contributed by atoms with Gasteiger partial charge in [-0.25, -0.2) is 8.42 Å². The van der Waals surface area contributed by atoms with Gasteiger partial charge in [-0.2, -0.15) is 0 Å². The summed E-state index contributed by atoms with van der Waals surface area (Å²) in [5.41, 5.74) is 1.08. The van der Waals surface area contributed by atoms with Crippen LogP contribution in [-0.4, -0.2) is 26.5 Å². The second-order valence-corrected chi connectivity index (χ2v) is 9.79. The van der Waals surface area contributed by atoms with Gasteiger partial charge in [-0.1, -0.05) is 40.9 Å². The van der Waals surface area contributed by atoms with E-state index in [-0.39, 0.29) is 26.1 Å². The van der Waals surface area contributed by atoms with Gasteiger partial charge in [0, 0.05) is 22.5 Å². The van der Waals surface area contributed by atoms with Crippen molar-refractivity contribution in [2.45, 2.75) is 4.90 Å². The van der Waals surface area contributed by atoms with E-state index in [1.165, 1.54) is 48.5 Å². The molecule has 31 heavy (non-hydrogen) atoms. The molecule has 3 aromatic carbocycles. The zero-order valence-corrected chi connectivity index (χ0v) is 19.0. The quantitative estimate of drug-likeness (QED) is 0.483. The molecule has 0 spiro atoms. The van der Waals surface area contributed by atoms with Gasteiger partial charge < -0.3 is 10.6 Å². The highest BCUT2D eigenvalue weighted by Crippen LogP contribution is 2.28. The van der Waals surface area contributed by atoms with Crippen LogP contribution in [0, 0.1) is 0 Å². The summed E-state index contributed by atoms with van der Waals surface area (Å²) in [5, 5.41) is 6.07. The lowest BCUT2D eigenvalue weighted by molar-refractivity contribution is 0.101. The van der Waals surface area contributed by atoms with E-state index in [1.54, 1.807) is 12.1 Å². The Hall–Kier alpha value is -2.58. The molecule has 0 aliphatic heterocycles. The van der Waals surface area contributed by atoms with Crippen LogP contribution in [0.5, 0.6) is 0 Å². The minimum atomic E-state index is -3.45. The van der Waals surface area contributed by atoms with Crippen molar-refractivity contribution in [2.75, 3.05) is 16.9 Å². The first-order valence-corrected chi connectivity index (χ1v) is 11.7. The number of rotatable bonds is 5. The first kappa shape index (κ1) is 23.1. The minimum absolute atomic E-state index is 0.0326. The van der Waals surface area contributed by atoms with Crippen LogP contribution >= 0.6 is 34.8 Å². The van der Waals surface area contributed by atoms with Crippen LogP contribution in [0.15, 0.2) is 65.6 Å². The number of hydrogen-bond donors (Lipinski definition) is 2. The van der Waals surface area contributed by atoms with Gasteiger partial charge in [-0.05, 0) is 54.6 Å². The third-order valence-electron chi connectivity index (χ3n) is 4.18. The molecule has 0 radical (unpaired) electrons. The first-order valence-electron chi connectivity index (χ1n) is 8.72. The summed E-state index contributed by atoms with van der Waals surface area (Å²) >= 11 is 18.1. The fourth-order valence-corrected chi connectivity index (χ4v) is 4.02. The number of benzene rings is 3. The molecule has 0 saturated heterocycles. The SMILES string of the molecule is CS(=O)(=O)c1cccc(C(=O)Nc2ccc(NC(=O)c3ccc(Cl)cc3Cl)cc2Cl)c1. The number of carbonyl (C=O) groups is 2. The van der Waals surface area contributed by atoms with Crippen molar-refractivity contribution < 1.29 is 18.0 Å². The maximum Gasteiger partial charge on any atom is 0.257 e. The highest BCUT2D eigenvalue weighted by atomic mass is 35.5. The van der Waals surface area contributed by atoms with Crippen LogP contribution in [0.25, 0.3) is 0 Å². The number of hydrogen-bond acceptors (Lipinski definition) is 4. The highest BCUT2D eigenvalue weighted by molar-refractivity contribution is 7.90. The fourth-order valence-electron chi connectivity index (χ4n) is 2.63. The van der Waals surface area contributed by atoms with Crippen LogP contribution < -0.4 is 10.6 Å². The summed E-state index contributed by atoms with van der Waals surface area (Å²) in [6.45, 7) is 0. The summed E-state index contributed by atoms with van der Waals surface area (Å²) in [5.74, 6) is -0.982. The van der Waals surface area contributed by atoms with Gasteiger partial charge in [-0.15, -0.1) is 0 Å². The maximum atomic E-state index is 12.5. The van der Waals surface area contributed by atoms with E-state index in [2.05, 4.69) is 10.6 Å². The molecule has 0 saturated carbocycles. The lowest BCUT2D eigenvalue weighted by Crippen LogP contribution is -2.14. The maximum absolute atomic E-state index is 12.5. The van der Waals surface area contributed by atoms with E-state index >= 15 is 0 Å². The Morgan fingerprint density at radius 1 is 0.806 bits per heavy atom. The van der Waals surface area contributed by atoms with Crippen molar-refractivity contribution in [1.82, 2.24) is 0 Å². The molecule has 0 heterocycles. The molecule has 6 nitrogen and oxygen atoms in total. The molecule has 0 unspecified atom stereocenters. The van der Waals surface area contributed by atoms with Crippen molar-refractivity contribution in [3.63, 3.8) is 0 Å². The van der Waals surface area contributed by atoms with Crippen molar-refractivity contribution in [3.8, 4) is 0 Å². The molecule has 10 heteroatoms. The molecule has 0 fully saturated rings. The molecule has 0 aliphatic carbocycles. The van der Waals surface area contributed by atoms with Gasteiger partial charge in [0.25, 0.3) is 11.8 Å². The average Bonchev–Trinajstić information content (AvgIpc) is 2.69. The van der Waals surface area contributed by atoms with Crippen molar-refractivity contribution in [1.29, 1.82) is 0 Å². The normalized spacial score (nSPS) is 11.1. The number of sulfone groups is 1. The van der Waals surface area contributed by atoms with Crippen LogP contribution in [0.2, 0.25) is 15.1 Å². The zero-order valence-electron chi connectivity index (χ0n) is 15.9. The zero-order chi connectivity index (χ0) is 22.8. The van der Waals surface area contributed by atoms with Crippen molar-refractivity contribution in [2.24, 2.45) is 0 Å². The second-order valence-electron chi connectivity index (χ2n) is 6.53. The van der Waals surface area contributed by atoms with Gasteiger partial charge >= 0.3 is 0 Å². The highest BCUT2D eigenvalue weighted by Gasteiger charge is 2.15. The van der Waals surface area contributed by atoms with Gasteiger partial charge in [-0.3, -0.25) is 9.59 Å². The Labute approximate surface area is 194 Å². The van der Waals surface area contributed by atoms with E-state index in [0.29, 0.717) is 16.4 Å². The van der Waals surface area contributed by atoms with Crippen molar-refractivity contribution >= 4 is 67.8 Å². The molecular formula is C21H15Cl3N2O4S. The Bertz CT molecular complexity index is 1290. The Kier molecular flexibility index (Phi) is 6.91. The average molecular weight is 498 g/mol. The largest absolute Gasteiger partial charge is 0.322 e. The molecule has 2 N–H and O–H groups in total. The molecule has 3 aromatic rings. The number of nitrogens with one attached hydrogen (secondary N) is 2. The molecule has 3 rings (SSSR count). The summed E-state index contributed by atoms with van der Waals surface area (Å²) < 4.78 is 23.4. The Balaban J connectivity index is 1.75. The number of carbonyl (C=O) groups excluding carboxylic acids is 2. The fraction of sp³-hybridized carbons (Fsp3) is 0.0476. The second kappa shape index (κ2) is 9.28. The van der Waals surface area contributed by atoms with Crippen LogP contribution in [0.4, 0.5) is 11.4 Å². The Morgan fingerprint density at radius 3 is 2.19 bits per heavy atom. The summed E-state index contributed by atoms with van der Waals surface area (Å²) in [6, 6.07) is 14.7. The van der Waals surface area contributed by atoms with E-state index < -0.39 is 21.7 Å². The van der Waals surface area contributed by atoms with E-state index in [4.69, 9.17) is 34.8 Å². The molecule has 0 aliphatic rings. The lowest BCUT2D eigenvalue weighted by atomic mass is 10.2.